The van der Waals surface area contributed by atoms with Crippen molar-refractivity contribution >= 4 is 50.7 Å². The summed E-state index contributed by atoms with van der Waals surface area (Å²) in [6.45, 7) is 3.35. The Hall–Kier alpha value is -3.92. The number of aryl methyl sites for hydroxylation is 1. The summed E-state index contributed by atoms with van der Waals surface area (Å²) in [5, 5.41) is 2.94. The molecule has 11 heteroatoms. The molecule has 4 aromatic rings. The van der Waals surface area contributed by atoms with Crippen molar-refractivity contribution < 1.29 is 22.4 Å². The van der Waals surface area contributed by atoms with Gasteiger partial charge in [-0.2, -0.15) is 0 Å². The number of amides is 2. The number of hydrogen-bond donors (Lipinski definition) is 1. The molecule has 0 saturated heterocycles. The maximum atomic E-state index is 14.4. The summed E-state index contributed by atoms with van der Waals surface area (Å²) in [4.78, 5) is 29.4. The van der Waals surface area contributed by atoms with Gasteiger partial charge in [0.1, 0.15) is 18.4 Å². The number of sulfonamides is 1. The molecule has 0 aliphatic carbocycles. The van der Waals surface area contributed by atoms with Crippen molar-refractivity contribution in [3.05, 3.63) is 130 Å². The lowest BCUT2D eigenvalue weighted by molar-refractivity contribution is -0.140. The predicted molar refractivity (Wildman–Crippen MR) is 176 cm³/mol. The second kappa shape index (κ2) is 15.4. The van der Waals surface area contributed by atoms with Gasteiger partial charge in [0.25, 0.3) is 10.0 Å². The Labute approximate surface area is 273 Å². The number of nitrogens with zero attached hydrogens (tertiary/aromatic N) is 2. The summed E-state index contributed by atoms with van der Waals surface area (Å²) in [7, 11) is -4.34. The smallest absolute Gasteiger partial charge is 0.264 e. The van der Waals surface area contributed by atoms with Gasteiger partial charge in [0.05, 0.1) is 20.6 Å². The lowest BCUT2D eigenvalue weighted by Crippen LogP contribution is -2.53. The van der Waals surface area contributed by atoms with Crippen LogP contribution in [0.3, 0.4) is 0 Å². The summed E-state index contributed by atoms with van der Waals surface area (Å²) in [6, 6.07) is 24.5. The Morgan fingerprint density at radius 1 is 0.867 bits per heavy atom. The molecule has 0 fully saturated rings. The summed E-state index contributed by atoms with van der Waals surface area (Å²) < 4.78 is 43.0. The fraction of sp³-hybridized carbons (Fsp3) is 0.235. The number of rotatable bonds is 13. The third-order valence-corrected chi connectivity index (χ3v) is 9.76. The molecule has 4 aromatic carbocycles. The van der Waals surface area contributed by atoms with Crippen molar-refractivity contribution in [1.82, 2.24) is 10.2 Å². The van der Waals surface area contributed by atoms with Gasteiger partial charge in [0.15, 0.2) is 0 Å². The SMILES string of the molecule is CCCNC(=O)[C@H](Cc1ccccc1)N(Cc1ccc(F)cc1)C(=O)CN(c1cccc(Cl)c1Cl)S(=O)(=O)c1ccc(C)cc1. The van der Waals surface area contributed by atoms with Gasteiger partial charge in [-0.15, -0.1) is 0 Å². The van der Waals surface area contributed by atoms with E-state index < -0.39 is 40.2 Å². The minimum Gasteiger partial charge on any atom is -0.354 e. The minimum absolute atomic E-state index is 0.00914. The zero-order valence-electron chi connectivity index (χ0n) is 24.9. The number of anilines is 1. The van der Waals surface area contributed by atoms with Gasteiger partial charge < -0.3 is 10.2 Å². The van der Waals surface area contributed by atoms with Crippen molar-refractivity contribution in [2.45, 2.75) is 44.2 Å². The number of carbonyl (C=O) groups is 2. The molecule has 0 spiro atoms. The molecule has 0 unspecified atom stereocenters. The van der Waals surface area contributed by atoms with E-state index in [4.69, 9.17) is 23.2 Å². The topological polar surface area (TPSA) is 86.8 Å². The van der Waals surface area contributed by atoms with Crippen molar-refractivity contribution in [2.24, 2.45) is 0 Å². The fourth-order valence-corrected chi connectivity index (χ4v) is 6.62. The molecule has 0 aliphatic rings. The Bertz CT molecular complexity index is 1720. The van der Waals surface area contributed by atoms with Crippen molar-refractivity contribution in [1.29, 1.82) is 0 Å². The van der Waals surface area contributed by atoms with Crippen LogP contribution in [-0.2, 0) is 32.6 Å². The molecule has 4 rings (SSSR count). The first-order chi connectivity index (χ1) is 21.5. The highest BCUT2D eigenvalue weighted by atomic mass is 35.5. The third-order valence-electron chi connectivity index (χ3n) is 7.17. The molecule has 0 bridgehead atoms. The number of hydrogen-bond acceptors (Lipinski definition) is 4. The number of benzene rings is 4. The Balaban J connectivity index is 1.82. The van der Waals surface area contributed by atoms with Crippen LogP contribution in [0, 0.1) is 12.7 Å². The van der Waals surface area contributed by atoms with E-state index in [1.807, 2.05) is 44.2 Å². The zero-order valence-corrected chi connectivity index (χ0v) is 27.2. The largest absolute Gasteiger partial charge is 0.354 e. The molecular weight excluding hydrogens is 636 g/mol. The summed E-state index contributed by atoms with van der Waals surface area (Å²) in [6.07, 6.45) is 0.831. The van der Waals surface area contributed by atoms with E-state index in [1.165, 1.54) is 53.4 Å². The highest BCUT2D eigenvalue weighted by Gasteiger charge is 2.35. The van der Waals surface area contributed by atoms with Crippen LogP contribution in [0.25, 0.3) is 0 Å². The van der Waals surface area contributed by atoms with Crippen molar-refractivity contribution in [2.75, 3.05) is 17.4 Å². The van der Waals surface area contributed by atoms with Gasteiger partial charge in [-0.1, -0.05) is 96.4 Å². The first-order valence-corrected chi connectivity index (χ1v) is 16.6. The zero-order chi connectivity index (χ0) is 32.6. The van der Waals surface area contributed by atoms with Crippen LogP contribution >= 0.6 is 23.2 Å². The van der Waals surface area contributed by atoms with Crippen LogP contribution < -0.4 is 9.62 Å². The van der Waals surface area contributed by atoms with E-state index in [1.54, 1.807) is 18.2 Å². The quantitative estimate of drug-likeness (QED) is 0.170. The van der Waals surface area contributed by atoms with E-state index >= 15 is 0 Å². The molecule has 0 radical (unpaired) electrons. The van der Waals surface area contributed by atoms with Crippen molar-refractivity contribution in [3.63, 3.8) is 0 Å². The third kappa shape index (κ3) is 8.63. The van der Waals surface area contributed by atoms with Crippen LogP contribution in [0.15, 0.2) is 102 Å². The first kappa shape index (κ1) is 34.0. The molecule has 2 amide bonds. The van der Waals surface area contributed by atoms with Crippen molar-refractivity contribution in [3.8, 4) is 0 Å². The summed E-state index contributed by atoms with van der Waals surface area (Å²) in [5.74, 6) is -1.52. The standard InChI is InChI=1S/C34H34Cl2FN3O4S/c1-3-20-38-34(42)31(21-25-8-5-4-6-9-25)39(22-26-14-16-27(37)17-15-26)32(41)23-40(30-11-7-10-29(35)33(30)36)45(43,44)28-18-12-24(2)13-19-28/h4-19,31H,3,20-23H2,1-2H3,(H,38,42)/t31-/m0/s1. The van der Waals surface area contributed by atoms with Gasteiger partial charge >= 0.3 is 0 Å². The Morgan fingerprint density at radius 2 is 1.53 bits per heavy atom. The van der Waals surface area contributed by atoms with Gasteiger partial charge in [0.2, 0.25) is 11.8 Å². The normalized spacial score (nSPS) is 11.9. The number of halogens is 3. The van der Waals surface area contributed by atoms with Crippen LogP contribution in [0.5, 0.6) is 0 Å². The molecule has 236 valence electrons. The average Bonchev–Trinajstić information content (AvgIpc) is 3.03. The van der Waals surface area contributed by atoms with Crippen LogP contribution in [0.1, 0.15) is 30.0 Å². The van der Waals surface area contributed by atoms with Gasteiger partial charge in [-0.05, 0) is 60.9 Å². The maximum Gasteiger partial charge on any atom is 0.264 e. The average molecular weight is 671 g/mol. The molecule has 45 heavy (non-hydrogen) atoms. The highest BCUT2D eigenvalue weighted by molar-refractivity contribution is 7.92. The molecular formula is C34H34Cl2FN3O4S. The van der Waals surface area contributed by atoms with E-state index in [9.17, 15) is 22.4 Å². The fourth-order valence-electron chi connectivity index (χ4n) is 4.74. The van der Waals surface area contributed by atoms with Gasteiger partial charge in [-0.25, -0.2) is 12.8 Å². The number of nitrogens with one attached hydrogen (secondary N) is 1. The summed E-state index contributed by atoms with van der Waals surface area (Å²) in [5.41, 5.74) is 2.22. The monoisotopic (exact) mass is 669 g/mol. The van der Waals surface area contributed by atoms with Crippen LogP contribution in [-0.4, -0.2) is 44.3 Å². The Kier molecular flexibility index (Phi) is 11.6. The molecule has 7 nitrogen and oxygen atoms in total. The molecule has 0 heterocycles. The molecule has 1 atom stereocenters. The second-order valence-electron chi connectivity index (χ2n) is 10.5. The predicted octanol–water partition coefficient (Wildman–Crippen LogP) is 6.80. The lowest BCUT2D eigenvalue weighted by atomic mass is 10.0. The Morgan fingerprint density at radius 3 is 2.18 bits per heavy atom. The highest BCUT2D eigenvalue weighted by Crippen LogP contribution is 2.35. The molecule has 0 aliphatic heterocycles. The van der Waals surface area contributed by atoms with E-state index in [2.05, 4.69) is 5.32 Å². The molecule has 1 N–H and O–H groups in total. The van der Waals surface area contributed by atoms with Crippen LogP contribution in [0.2, 0.25) is 10.0 Å². The minimum atomic E-state index is -4.34. The summed E-state index contributed by atoms with van der Waals surface area (Å²) >= 11 is 12.8. The maximum absolute atomic E-state index is 14.4. The molecule has 0 saturated carbocycles. The van der Waals surface area contributed by atoms with Gasteiger partial charge in [-0.3, -0.25) is 13.9 Å². The second-order valence-corrected chi connectivity index (χ2v) is 13.2. The van der Waals surface area contributed by atoms with Gasteiger partial charge in [0, 0.05) is 19.5 Å². The van der Waals surface area contributed by atoms with E-state index in [-0.39, 0.29) is 33.6 Å². The van der Waals surface area contributed by atoms with E-state index in [0.717, 1.165) is 15.4 Å². The lowest BCUT2D eigenvalue weighted by Gasteiger charge is -2.34. The molecule has 0 aromatic heterocycles. The van der Waals surface area contributed by atoms with E-state index in [0.29, 0.717) is 18.5 Å². The van der Waals surface area contributed by atoms with Crippen LogP contribution in [0.4, 0.5) is 10.1 Å². The first-order valence-electron chi connectivity index (χ1n) is 14.4. The number of carbonyl (C=O) groups excluding carboxylic acids is 2.